The van der Waals surface area contributed by atoms with E-state index in [0.29, 0.717) is 0 Å². The lowest BCUT2D eigenvalue weighted by Gasteiger charge is -2.13. The number of carbonyl (C=O) groups is 3. The Morgan fingerprint density at radius 3 is 2.40 bits per heavy atom. The molecule has 1 heterocycles. The number of ether oxygens (including phenoxy) is 1. The molecule has 2 aromatic carbocycles. The molecule has 0 N–H and O–H groups in total. The maximum atomic E-state index is 12.3. The molecule has 0 fully saturated rings. The van der Waals surface area contributed by atoms with E-state index in [1.54, 1.807) is 24.3 Å². The molecule has 1 aliphatic rings. The van der Waals surface area contributed by atoms with Gasteiger partial charge in [-0.05, 0) is 11.6 Å². The molecule has 0 atom stereocenters. The highest BCUT2D eigenvalue weighted by molar-refractivity contribution is 6.22. The maximum absolute atomic E-state index is 12.3. The van der Waals surface area contributed by atoms with Crippen molar-refractivity contribution < 1.29 is 24.0 Å². The molecule has 8 heteroatoms. The van der Waals surface area contributed by atoms with Crippen molar-refractivity contribution in [1.29, 1.82) is 0 Å². The van der Waals surface area contributed by atoms with Crippen LogP contribution in [0.15, 0.2) is 48.5 Å². The minimum Gasteiger partial charge on any atom is -0.459 e. The number of benzene rings is 2. The van der Waals surface area contributed by atoms with Crippen LogP contribution >= 0.6 is 0 Å². The third kappa shape index (κ3) is 3.23. The van der Waals surface area contributed by atoms with Gasteiger partial charge in [0.05, 0.1) is 16.1 Å². The van der Waals surface area contributed by atoms with Crippen LogP contribution in [0.4, 0.5) is 5.69 Å². The van der Waals surface area contributed by atoms with E-state index in [1.165, 1.54) is 6.07 Å². The Morgan fingerprint density at radius 2 is 1.72 bits per heavy atom. The van der Waals surface area contributed by atoms with E-state index in [-0.39, 0.29) is 23.4 Å². The van der Waals surface area contributed by atoms with Gasteiger partial charge in [0.25, 0.3) is 17.5 Å². The van der Waals surface area contributed by atoms with Gasteiger partial charge in [-0.25, -0.2) is 0 Å². The smallest absolute Gasteiger partial charge is 0.326 e. The number of nitro groups is 1. The minimum absolute atomic E-state index is 0.0221. The maximum Gasteiger partial charge on any atom is 0.326 e. The fourth-order valence-electron chi connectivity index (χ4n) is 2.45. The van der Waals surface area contributed by atoms with Gasteiger partial charge in [0, 0.05) is 12.1 Å². The van der Waals surface area contributed by atoms with Crippen molar-refractivity contribution in [3.8, 4) is 0 Å². The Bertz CT molecular complexity index is 878. The number of fused-ring (bicyclic) bond motifs is 1. The highest BCUT2D eigenvalue weighted by Gasteiger charge is 2.38. The number of non-ortho nitro benzene ring substituents is 1. The zero-order chi connectivity index (χ0) is 18.0. The quantitative estimate of drug-likeness (QED) is 0.356. The van der Waals surface area contributed by atoms with E-state index in [1.807, 2.05) is 6.07 Å². The first kappa shape index (κ1) is 16.3. The third-order valence-corrected chi connectivity index (χ3v) is 3.69. The number of carbonyl (C=O) groups excluding carboxylic acids is 3. The fraction of sp³-hybridized carbons (Fsp3) is 0.118. The summed E-state index contributed by atoms with van der Waals surface area (Å²) < 4.78 is 5.05. The Kier molecular flexibility index (Phi) is 4.25. The van der Waals surface area contributed by atoms with Crippen molar-refractivity contribution in [3.05, 3.63) is 75.3 Å². The third-order valence-electron chi connectivity index (χ3n) is 3.69. The SMILES string of the molecule is O=C(CN1C(=O)c2ccc([N+](=O)[O-])cc2C1=O)OCc1ccccc1. The molecule has 126 valence electrons. The first-order valence-electron chi connectivity index (χ1n) is 7.31. The van der Waals surface area contributed by atoms with Gasteiger partial charge in [0.15, 0.2) is 0 Å². The van der Waals surface area contributed by atoms with E-state index < -0.39 is 29.3 Å². The Hall–Kier alpha value is -3.55. The molecule has 8 nitrogen and oxygen atoms in total. The van der Waals surface area contributed by atoms with Crippen LogP contribution < -0.4 is 0 Å². The van der Waals surface area contributed by atoms with E-state index in [2.05, 4.69) is 0 Å². The summed E-state index contributed by atoms with van der Waals surface area (Å²) in [7, 11) is 0. The normalized spacial score (nSPS) is 12.9. The highest BCUT2D eigenvalue weighted by Crippen LogP contribution is 2.26. The molecule has 0 bridgehead atoms. The first-order valence-corrected chi connectivity index (χ1v) is 7.31. The summed E-state index contributed by atoms with van der Waals surface area (Å²) in [5, 5.41) is 10.8. The highest BCUT2D eigenvalue weighted by atomic mass is 16.6. The average Bonchev–Trinajstić information content (AvgIpc) is 2.85. The summed E-state index contributed by atoms with van der Waals surface area (Å²) in [4.78, 5) is 47.3. The number of nitro benzene ring substituents is 1. The molecule has 0 aromatic heterocycles. The molecule has 0 spiro atoms. The van der Waals surface area contributed by atoms with Crippen molar-refractivity contribution in [3.63, 3.8) is 0 Å². The predicted octanol–water partition coefficient (Wildman–Crippen LogP) is 1.93. The summed E-state index contributed by atoms with van der Waals surface area (Å²) in [6.07, 6.45) is 0. The summed E-state index contributed by atoms with van der Waals surface area (Å²) in [6, 6.07) is 12.3. The molecule has 0 saturated carbocycles. The molecule has 3 rings (SSSR count). The van der Waals surface area contributed by atoms with Gasteiger partial charge in [-0.1, -0.05) is 30.3 Å². The zero-order valence-corrected chi connectivity index (χ0v) is 12.9. The molecule has 1 aliphatic heterocycles. The van der Waals surface area contributed by atoms with Gasteiger partial charge in [0.2, 0.25) is 0 Å². The van der Waals surface area contributed by atoms with E-state index in [9.17, 15) is 24.5 Å². The van der Waals surface area contributed by atoms with Crippen LogP contribution in [0.2, 0.25) is 0 Å². The molecular formula is C17H12N2O6. The lowest BCUT2D eigenvalue weighted by Crippen LogP contribution is -2.35. The van der Waals surface area contributed by atoms with Crippen LogP contribution in [0.3, 0.4) is 0 Å². The monoisotopic (exact) mass is 340 g/mol. The van der Waals surface area contributed by atoms with Gasteiger partial charge in [0.1, 0.15) is 13.2 Å². The minimum atomic E-state index is -0.750. The van der Waals surface area contributed by atoms with Crippen molar-refractivity contribution in [2.45, 2.75) is 6.61 Å². The molecular weight excluding hydrogens is 328 g/mol. The molecule has 2 aromatic rings. The van der Waals surface area contributed by atoms with Crippen LogP contribution in [0.5, 0.6) is 0 Å². The summed E-state index contributed by atoms with van der Waals surface area (Å²) >= 11 is 0. The van der Waals surface area contributed by atoms with E-state index in [0.717, 1.165) is 22.6 Å². The lowest BCUT2D eigenvalue weighted by molar-refractivity contribution is -0.384. The van der Waals surface area contributed by atoms with Crippen molar-refractivity contribution in [2.75, 3.05) is 6.54 Å². The molecule has 0 unspecified atom stereocenters. The van der Waals surface area contributed by atoms with Crippen molar-refractivity contribution >= 4 is 23.5 Å². The van der Waals surface area contributed by atoms with E-state index in [4.69, 9.17) is 4.74 Å². The number of hydrogen-bond acceptors (Lipinski definition) is 6. The van der Waals surface area contributed by atoms with Gasteiger partial charge in [-0.15, -0.1) is 0 Å². The molecule has 2 amide bonds. The molecule has 0 aliphatic carbocycles. The van der Waals surface area contributed by atoms with Crippen molar-refractivity contribution in [1.82, 2.24) is 4.90 Å². The average molecular weight is 340 g/mol. The number of esters is 1. The number of imide groups is 1. The number of amides is 2. The zero-order valence-electron chi connectivity index (χ0n) is 12.9. The second-order valence-corrected chi connectivity index (χ2v) is 5.33. The standard InChI is InChI=1S/C17H12N2O6/c20-15(25-10-11-4-2-1-3-5-11)9-18-16(21)13-7-6-12(19(23)24)8-14(13)17(18)22/h1-8H,9-10H2. The molecule has 0 radical (unpaired) electrons. The Balaban J connectivity index is 1.69. The van der Waals surface area contributed by atoms with Crippen LogP contribution in [0.25, 0.3) is 0 Å². The second-order valence-electron chi connectivity index (χ2n) is 5.33. The van der Waals surface area contributed by atoms with Crippen LogP contribution in [0, 0.1) is 10.1 Å². The molecule has 0 saturated heterocycles. The summed E-state index contributed by atoms with van der Waals surface area (Å²) in [5.74, 6) is -2.17. The summed E-state index contributed by atoms with van der Waals surface area (Å²) in [6.45, 7) is -0.526. The lowest BCUT2D eigenvalue weighted by atomic mass is 10.1. The number of hydrogen-bond donors (Lipinski definition) is 0. The second kappa shape index (κ2) is 6.52. The largest absolute Gasteiger partial charge is 0.459 e. The topological polar surface area (TPSA) is 107 Å². The van der Waals surface area contributed by atoms with Crippen LogP contribution in [0.1, 0.15) is 26.3 Å². The van der Waals surface area contributed by atoms with Gasteiger partial charge >= 0.3 is 5.97 Å². The van der Waals surface area contributed by atoms with Crippen LogP contribution in [-0.2, 0) is 16.1 Å². The van der Waals surface area contributed by atoms with E-state index >= 15 is 0 Å². The summed E-state index contributed by atoms with van der Waals surface area (Å²) in [5.41, 5.74) is 0.420. The first-order chi connectivity index (χ1) is 12.0. The number of nitrogens with zero attached hydrogens (tertiary/aromatic N) is 2. The number of rotatable bonds is 5. The van der Waals surface area contributed by atoms with Crippen LogP contribution in [-0.4, -0.2) is 34.2 Å². The fourth-order valence-corrected chi connectivity index (χ4v) is 2.45. The van der Waals surface area contributed by atoms with Crippen molar-refractivity contribution in [2.24, 2.45) is 0 Å². The molecule has 25 heavy (non-hydrogen) atoms. The predicted molar refractivity (Wildman–Crippen MR) is 84.7 cm³/mol. The van der Waals surface area contributed by atoms with Gasteiger partial charge in [-0.2, -0.15) is 0 Å². The van der Waals surface area contributed by atoms with Gasteiger partial charge in [-0.3, -0.25) is 29.4 Å². The Morgan fingerprint density at radius 1 is 1.04 bits per heavy atom. The van der Waals surface area contributed by atoms with Gasteiger partial charge < -0.3 is 4.74 Å². The Labute approximate surface area is 141 Å².